The molecule has 0 fully saturated rings. The second-order valence-electron chi connectivity index (χ2n) is 2.69. The fourth-order valence-corrected chi connectivity index (χ4v) is 1.65. The second-order valence-corrected chi connectivity index (χ2v) is 3.55. The van der Waals surface area contributed by atoms with Crippen molar-refractivity contribution in [2.24, 2.45) is 0 Å². The predicted octanol–water partition coefficient (Wildman–Crippen LogP) is 2.09. The van der Waals surface area contributed by atoms with Crippen LogP contribution in [0.3, 0.4) is 0 Å². The van der Waals surface area contributed by atoms with Gasteiger partial charge in [0.15, 0.2) is 5.69 Å². The summed E-state index contributed by atoms with van der Waals surface area (Å²) < 4.78 is 0.476. The first kappa shape index (κ1) is 9.08. The summed E-state index contributed by atoms with van der Waals surface area (Å²) in [5.41, 5.74) is 0.582. The Kier molecular flexibility index (Phi) is 2.17. The molecule has 2 aromatic heterocycles. The fourth-order valence-electron chi connectivity index (χ4n) is 1.14. The van der Waals surface area contributed by atoms with Crippen molar-refractivity contribution in [3.63, 3.8) is 0 Å². The molecule has 0 aliphatic heterocycles. The highest BCUT2D eigenvalue weighted by Gasteiger charge is 2.11. The van der Waals surface area contributed by atoms with E-state index in [-0.39, 0.29) is 5.69 Å². The number of nitrogens with zero attached hydrogens (tertiary/aromatic N) is 2. The van der Waals surface area contributed by atoms with Crippen LogP contribution in [-0.4, -0.2) is 21.0 Å². The molecule has 0 aliphatic rings. The van der Waals surface area contributed by atoms with Crippen LogP contribution < -0.4 is 0 Å². The molecule has 0 saturated carbocycles. The molecule has 0 amide bonds. The smallest absolute Gasteiger partial charge is 0.355 e. The average molecular weight is 253 g/mol. The van der Waals surface area contributed by atoms with Crippen molar-refractivity contribution in [3.05, 3.63) is 34.7 Å². The zero-order valence-corrected chi connectivity index (χ0v) is 8.52. The Morgan fingerprint density at radius 3 is 3.00 bits per heavy atom. The summed E-state index contributed by atoms with van der Waals surface area (Å²) in [6.07, 6.45) is 3.17. The molecule has 1 N–H and O–H groups in total. The Morgan fingerprint density at radius 2 is 2.29 bits per heavy atom. The van der Waals surface area contributed by atoms with Gasteiger partial charge in [0.1, 0.15) is 0 Å². The molecule has 2 rings (SSSR count). The molecule has 2 aromatic rings. The van der Waals surface area contributed by atoms with Crippen molar-refractivity contribution in [2.75, 3.05) is 0 Å². The van der Waals surface area contributed by atoms with Gasteiger partial charge in [-0.25, -0.2) is 9.78 Å². The standard InChI is InChI=1S/C9H5BrN2O2/c10-6-3-5-1-2-11-4-7(5)12-8(6)9(13)14/h1-4H,(H,13,14). The van der Waals surface area contributed by atoms with Gasteiger partial charge in [-0.1, -0.05) is 0 Å². The lowest BCUT2D eigenvalue weighted by Crippen LogP contribution is -2.01. The highest BCUT2D eigenvalue weighted by atomic mass is 79.9. The fraction of sp³-hybridized carbons (Fsp3) is 0. The summed E-state index contributed by atoms with van der Waals surface area (Å²) >= 11 is 3.15. The molecule has 5 heteroatoms. The summed E-state index contributed by atoms with van der Waals surface area (Å²) in [5.74, 6) is -1.05. The zero-order valence-electron chi connectivity index (χ0n) is 6.94. The maximum Gasteiger partial charge on any atom is 0.355 e. The first-order chi connectivity index (χ1) is 6.68. The number of hydrogen-bond donors (Lipinski definition) is 1. The third-order valence-corrected chi connectivity index (χ3v) is 2.38. The third-order valence-electron chi connectivity index (χ3n) is 1.78. The number of aromatic carboxylic acids is 1. The highest BCUT2D eigenvalue weighted by Crippen LogP contribution is 2.20. The molecular weight excluding hydrogens is 248 g/mol. The van der Waals surface area contributed by atoms with E-state index in [1.807, 2.05) is 0 Å². The van der Waals surface area contributed by atoms with E-state index >= 15 is 0 Å². The number of carbonyl (C=O) groups is 1. The molecule has 0 aliphatic carbocycles. The van der Waals surface area contributed by atoms with Gasteiger partial charge in [-0.15, -0.1) is 0 Å². The van der Waals surface area contributed by atoms with Crippen LogP contribution >= 0.6 is 15.9 Å². The third kappa shape index (κ3) is 1.46. The monoisotopic (exact) mass is 252 g/mol. The van der Waals surface area contributed by atoms with E-state index in [0.29, 0.717) is 9.99 Å². The molecule has 0 saturated heterocycles. The average Bonchev–Trinajstić information content (AvgIpc) is 2.16. The number of carboxylic acid groups (broad SMARTS) is 1. The van der Waals surface area contributed by atoms with E-state index in [1.54, 1.807) is 18.3 Å². The number of halogens is 1. The minimum absolute atomic E-state index is 0.00509. The van der Waals surface area contributed by atoms with Crippen molar-refractivity contribution >= 4 is 32.8 Å². The molecule has 14 heavy (non-hydrogen) atoms. The van der Waals surface area contributed by atoms with Crippen LogP contribution in [0.4, 0.5) is 0 Å². The van der Waals surface area contributed by atoms with Crippen molar-refractivity contribution in [2.45, 2.75) is 0 Å². The van der Waals surface area contributed by atoms with Crippen LogP contribution in [-0.2, 0) is 0 Å². The van der Waals surface area contributed by atoms with Crippen molar-refractivity contribution in [1.82, 2.24) is 9.97 Å². The van der Waals surface area contributed by atoms with E-state index in [9.17, 15) is 4.79 Å². The first-order valence-electron chi connectivity index (χ1n) is 3.82. The van der Waals surface area contributed by atoms with Crippen LogP contribution in [0.15, 0.2) is 29.0 Å². The molecule has 0 bridgehead atoms. The van der Waals surface area contributed by atoms with Crippen molar-refractivity contribution in [1.29, 1.82) is 0 Å². The van der Waals surface area contributed by atoms with E-state index in [0.717, 1.165) is 5.39 Å². The quantitative estimate of drug-likeness (QED) is 0.845. The zero-order chi connectivity index (χ0) is 10.1. The van der Waals surface area contributed by atoms with Crippen LogP contribution in [0.2, 0.25) is 0 Å². The normalized spacial score (nSPS) is 10.4. The number of carboxylic acids is 1. The van der Waals surface area contributed by atoms with E-state index in [4.69, 9.17) is 5.11 Å². The van der Waals surface area contributed by atoms with Gasteiger partial charge >= 0.3 is 5.97 Å². The van der Waals surface area contributed by atoms with Crippen molar-refractivity contribution in [3.8, 4) is 0 Å². The summed E-state index contributed by atoms with van der Waals surface area (Å²) in [5, 5.41) is 9.67. The van der Waals surface area contributed by atoms with Gasteiger partial charge in [-0.3, -0.25) is 4.98 Å². The van der Waals surface area contributed by atoms with Crippen LogP contribution in [0.25, 0.3) is 10.9 Å². The summed E-state index contributed by atoms with van der Waals surface area (Å²) in [6.45, 7) is 0. The van der Waals surface area contributed by atoms with Gasteiger partial charge in [0, 0.05) is 11.6 Å². The second kappa shape index (κ2) is 3.34. The Morgan fingerprint density at radius 1 is 1.50 bits per heavy atom. The molecule has 0 spiro atoms. The molecule has 2 heterocycles. The summed E-state index contributed by atoms with van der Waals surface area (Å²) in [4.78, 5) is 18.6. The number of fused-ring (bicyclic) bond motifs is 1. The van der Waals surface area contributed by atoms with Crippen molar-refractivity contribution < 1.29 is 9.90 Å². The van der Waals surface area contributed by atoms with Crippen LogP contribution in [0.5, 0.6) is 0 Å². The van der Waals surface area contributed by atoms with Gasteiger partial charge in [-0.2, -0.15) is 0 Å². The Labute approximate surface area is 87.7 Å². The number of aromatic nitrogens is 2. The van der Waals surface area contributed by atoms with Gasteiger partial charge in [0.25, 0.3) is 0 Å². The Hall–Kier alpha value is -1.49. The minimum Gasteiger partial charge on any atom is -0.476 e. The van der Waals surface area contributed by atoms with Gasteiger partial charge < -0.3 is 5.11 Å². The highest BCUT2D eigenvalue weighted by molar-refractivity contribution is 9.10. The maximum atomic E-state index is 10.8. The largest absolute Gasteiger partial charge is 0.476 e. The topological polar surface area (TPSA) is 63.1 Å². The first-order valence-corrected chi connectivity index (χ1v) is 4.61. The Balaban J connectivity index is 2.77. The van der Waals surface area contributed by atoms with Crippen LogP contribution in [0, 0.1) is 0 Å². The lowest BCUT2D eigenvalue weighted by atomic mass is 10.2. The van der Waals surface area contributed by atoms with Gasteiger partial charge in [0.2, 0.25) is 0 Å². The molecule has 4 nitrogen and oxygen atoms in total. The molecule has 0 radical (unpaired) electrons. The molecule has 70 valence electrons. The molecule has 0 unspecified atom stereocenters. The van der Waals surface area contributed by atoms with Crippen LogP contribution in [0.1, 0.15) is 10.5 Å². The Bertz CT molecular complexity index is 513. The van der Waals surface area contributed by atoms with E-state index in [1.165, 1.54) is 6.20 Å². The number of pyridine rings is 2. The van der Waals surface area contributed by atoms with Gasteiger partial charge in [-0.05, 0) is 28.1 Å². The number of rotatable bonds is 1. The number of hydrogen-bond acceptors (Lipinski definition) is 3. The summed E-state index contributed by atoms with van der Waals surface area (Å²) in [6, 6.07) is 3.49. The van der Waals surface area contributed by atoms with E-state index < -0.39 is 5.97 Å². The lowest BCUT2D eigenvalue weighted by molar-refractivity contribution is 0.0690. The SMILES string of the molecule is O=C(O)c1nc2cnccc2cc1Br. The molecule has 0 atom stereocenters. The summed E-state index contributed by atoms with van der Waals surface area (Å²) in [7, 11) is 0. The van der Waals surface area contributed by atoms with E-state index in [2.05, 4.69) is 25.9 Å². The maximum absolute atomic E-state index is 10.8. The molecule has 0 aromatic carbocycles. The minimum atomic E-state index is -1.05. The molecular formula is C9H5BrN2O2. The van der Waals surface area contributed by atoms with Gasteiger partial charge in [0.05, 0.1) is 16.2 Å². The lowest BCUT2D eigenvalue weighted by Gasteiger charge is -2.00. The predicted molar refractivity (Wildman–Crippen MR) is 54.2 cm³/mol.